The van der Waals surface area contributed by atoms with Crippen LogP contribution in [-0.4, -0.2) is 127 Å². The van der Waals surface area contributed by atoms with Crippen molar-refractivity contribution >= 4 is 70.6 Å². The van der Waals surface area contributed by atoms with Crippen molar-refractivity contribution in [2.45, 2.75) is 77.0 Å². The molecule has 5 rings (SSSR count). The fourth-order valence-corrected chi connectivity index (χ4v) is 7.86. The van der Waals surface area contributed by atoms with E-state index >= 15 is 0 Å². The Morgan fingerprint density at radius 1 is 0.294 bits per heavy atom. The lowest BCUT2D eigenvalue weighted by atomic mass is 9.92. The summed E-state index contributed by atoms with van der Waals surface area (Å²) in [6.07, 6.45) is 4.46. The third-order valence-corrected chi connectivity index (χ3v) is 11.4. The molecule has 0 fully saturated rings. The van der Waals surface area contributed by atoms with E-state index in [1.54, 1.807) is 24.3 Å². The Kier molecular flexibility index (Phi) is 17.9. The van der Waals surface area contributed by atoms with Gasteiger partial charge in [-0.15, -0.1) is 0 Å². The van der Waals surface area contributed by atoms with E-state index in [1.165, 1.54) is 56.9 Å². The van der Waals surface area contributed by atoms with Gasteiger partial charge in [0, 0.05) is 25.7 Å². The first-order chi connectivity index (χ1) is 32.6. The highest BCUT2D eigenvalue weighted by Gasteiger charge is 2.35. The van der Waals surface area contributed by atoms with Gasteiger partial charge in [-0.2, -0.15) is 0 Å². The molecular formula is C48H52N4O16. The van der Waals surface area contributed by atoms with Crippen molar-refractivity contribution in [3.63, 3.8) is 0 Å². The Morgan fingerprint density at radius 2 is 0.471 bits per heavy atom. The fraction of sp³-hybridized carbons (Fsp3) is 0.417. The number of methoxy groups -OCH3 is 8. The summed E-state index contributed by atoms with van der Waals surface area (Å²) in [7, 11) is 9.82. The average Bonchev–Trinajstić information content (AvgIpc) is 4.04. The third-order valence-electron chi connectivity index (χ3n) is 11.4. The standard InChI is InChI=1S/C48H52N4O16/c1-61-41(53)13-9-25-29(17-45(57)65-5)37-22-34-27(11-15-43(55)63-3)31(19-47(59)67-7)39(51-34)24-36-28(12-16-44(56)64-4)32(20-48(60)68-8)40(52-36)23-35-26(10-14-42(54)62-2)30(18-46(58)66-6)38(50-35)21-33(25)49-37/h21-24H,9-20H2,1-8H3. The van der Waals surface area contributed by atoms with Crippen molar-refractivity contribution in [1.82, 2.24) is 0 Å². The number of ether oxygens (including phenoxy) is 8. The van der Waals surface area contributed by atoms with Crippen LogP contribution in [0.25, 0.3) is 0 Å². The minimum Gasteiger partial charge on any atom is -0.469 e. The monoisotopic (exact) mass is 940 g/mol. The number of carbonyl (C=O) groups excluding carboxylic acids is 8. The van der Waals surface area contributed by atoms with Gasteiger partial charge in [0.1, 0.15) is 0 Å². The smallest absolute Gasteiger partial charge is 0.310 e. The highest BCUT2D eigenvalue weighted by atomic mass is 16.5. The number of nitrogens with zero attached hydrogens (tertiary/aromatic N) is 4. The quantitative estimate of drug-likeness (QED) is 0.119. The van der Waals surface area contributed by atoms with Crippen LogP contribution >= 0.6 is 0 Å². The predicted octanol–water partition coefficient (Wildman–Crippen LogP) is 4.61. The van der Waals surface area contributed by atoms with Gasteiger partial charge in [0.25, 0.3) is 0 Å². The molecule has 0 aromatic rings. The molecule has 20 heteroatoms. The number of hydrogen-bond acceptors (Lipinski definition) is 20. The summed E-state index contributed by atoms with van der Waals surface area (Å²) < 4.78 is 40.3. The van der Waals surface area contributed by atoms with E-state index in [0.717, 1.165) is 0 Å². The van der Waals surface area contributed by atoms with Crippen LogP contribution in [0, 0.1) is 0 Å². The Morgan fingerprint density at radius 3 is 0.632 bits per heavy atom. The lowest BCUT2D eigenvalue weighted by Crippen LogP contribution is -2.11. The molecule has 0 saturated heterocycles. The molecule has 20 nitrogen and oxygen atoms in total. The summed E-state index contributed by atoms with van der Waals surface area (Å²) >= 11 is 0. The van der Waals surface area contributed by atoms with Gasteiger partial charge in [-0.25, -0.2) is 20.0 Å². The molecule has 360 valence electrons. The van der Waals surface area contributed by atoms with Gasteiger partial charge in [0.05, 0.1) is 128 Å². The van der Waals surface area contributed by atoms with Crippen molar-refractivity contribution in [1.29, 1.82) is 0 Å². The molecule has 8 bridgehead atoms. The largest absolute Gasteiger partial charge is 0.469 e. The van der Waals surface area contributed by atoms with Gasteiger partial charge in [-0.3, -0.25) is 38.4 Å². The fourth-order valence-electron chi connectivity index (χ4n) is 7.86. The third kappa shape index (κ3) is 12.4. The maximum Gasteiger partial charge on any atom is 0.310 e. The van der Waals surface area contributed by atoms with Crippen molar-refractivity contribution < 1.29 is 76.3 Å². The zero-order chi connectivity index (χ0) is 49.7. The lowest BCUT2D eigenvalue weighted by Gasteiger charge is -2.11. The van der Waals surface area contributed by atoms with E-state index < -0.39 is 47.8 Å². The molecule has 0 spiro atoms. The summed E-state index contributed by atoms with van der Waals surface area (Å²) in [5.41, 5.74) is 4.80. The highest BCUT2D eigenvalue weighted by Crippen LogP contribution is 2.41. The van der Waals surface area contributed by atoms with E-state index in [1.807, 2.05) is 0 Å². The van der Waals surface area contributed by atoms with Crippen molar-refractivity contribution in [2.75, 3.05) is 56.9 Å². The molecule has 5 aliphatic rings. The Balaban J connectivity index is 1.98. The Bertz CT molecular complexity index is 2240. The summed E-state index contributed by atoms with van der Waals surface area (Å²) in [5.74, 6) is -4.83. The van der Waals surface area contributed by atoms with Crippen LogP contribution in [0.1, 0.15) is 77.0 Å². The maximum atomic E-state index is 13.2. The first-order valence-corrected chi connectivity index (χ1v) is 21.3. The van der Waals surface area contributed by atoms with E-state index in [9.17, 15) is 38.4 Å². The SMILES string of the molecule is COC(=O)CCC1=C(CC(=O)OC)C2=NC1=CC1=NC(=CC3=NC(=CC4=NC(=C2)C(CCC(=O)OC)=C4CC(=O)OC)C(CCC(=O)OC)=C3CC(=O)OC)C(CCC(=O)OC)=C1CC(=O)OC. The molecule has 5 heterocycles. The van der Waals surface area contributed by atoms with Gasteiger partial charge >= 0.3 is 47.8 Å². The molecule has 0 aromatic heterocycles. The second-order valence-corrected chi connectivity index (χ2v) is 15.3. The zero-order valence-electron chi connectivity index (χ0n) is 39.1. The van der Waals surface area contributed by atoms with Crippen LogP contribution in [0.5, 0.6) is 0 Å². The Hall–Kier alpha value is -7.64. The van der Waals surface area contributed by atoms with Crippen LogP contribution in [-0.2, 0) is 76.3 Å². The van der Waals surface area contributed by atoms with Crippen LogP contribution in [0.15, 0.2) is 112 Å². The van der Waals surface area contributed by atoms with Gasteiger partial charge in [-0.1, -0.05) is 0 Å². The zero-order valence-corrected chi connectivity index (χ0v) is 39.1. The number of esters is 8. The molecule has 0 aromatic carbocycles. The van der Waals surface area contributed by atoms with Crippen LogP contribution in [0.2, 0.25) is 0 Å². The van der Waals surface area contributed by atoms with Crippen molar-refractivity contribution in [2.24, 2.45) is 20.0 Å². The number of rotatable bonds is 20. The second-order valence-electron chi connectivity index (χ2n) is 15.3. The minimum absolute atomic E-state index is 0.00825. The summed E-state index contributed by atoms with van der Waals surface area (Å²) in [4.78, 5) is 123. The van der Waals surface area contributed by atoms with Crippen LogP contribution < -0.4 is 0 Å². The highest BCUT2D eigenvalue weighted by molar-refractivity contribution is 6.22. The summed E-state index contributed by atoms with van der Waals surface area (Å²) in [6, 6.07) is 0. The molecule has 0 atom stereocenters. The molecule has 0 saturated carbocycles. The van der Waals surface area contributed by atoms with Crippen molar-refractivity contribution in [3.05, 3.63) is 91.7 Å². The normalized spacial score (nSPS) is 16.1. The van der Waals surface area contributed by atoms with Gasteiger partial charge in [0.2, 0.25) is 0 Å². The predicted molar refractivity (Wildman–Crippen MR) is 242 cm³/mol. The topological polar surface area (TPSA) is 260 Å². The molecule has 68 heavy (non-hydrogen) atoms. The minimum atomic E-state index is -0.648. The Labute approximate surface area is 391 Å². The molecule has 0 unspecified atom stereocenters. The second kappa shape index (κ2) is 23.7. The number of carbonyl (C=O) groups is 8. The van der Waals surface area contributed by atoms with E-state index in [0.29, 0.717) is 44.6 Å². The molecule has 0 N–H and O–H groups in total. The van der Waals surface area contributed by atoms with Crippen molar-refractivity contribution in [3.8, 4) is 0 Å². The number of hydrogen-bond donors (Lipinski definition) is 0. The van der Waals surface area contributed by atoms with E-state index in [2.05, 4.69) is 0 Å². The molecular weight excluding hydrogens is 889 g/mol. The molecule has 0 aliphatic carbocycles. The van der Waals surface area contributed by atoms with Crippen LogP contribution in [0.4, 0.5) is 0 Å². The first-order valence-electron chi connectivity index (χ1n) is 21.3. The van der Waals surface area contributed by atoms with Crippen LogP contribution in [0.3, 0.4) is 0 Å². The molecule has 5 aliphatic heterocycles. The van der Waals surface area contributed by atoms with Gasteiger partial charge < -0.3 is 37.9 Å². The summed E-state index contributed by atoms with van der Waals surface area (Å²) in [5, 5.41) is 0. The molecule has 0 radical (unpaired) electrons. The lowest BCUT2D eigenvalue weighted by molar-refractivity contribution is -0.141. The maximum absolute atomic E-state index is 13.2. The average molecular weight is 941 g/mol. The number of allylic oxidation sites excluding steroid dienone is 8. The summed E-state index contributed by atoms with van der Waals surface area (Å²) in [6.45, 7) is 0. The molecule has 0 amide bonds. The van der Waals surface area contributed by atoms with Gasteiger partial charge in [0.15, 0.2) is 0 Å². The number of aliphatic imine (C=N–C) groups is 4. The van der Waals surface area contributed by atoms with E-state index in [-0.39, 0.29) is 123 Å². The van der Waals surface area contributed by atoms with E-state index in [4.69, 9.17) is 57.9 Å². The van der Waals surface area contributed by atoms with Gasteiger partial charge in [-0.05, 0) is 94.6 Å². The first kappa shape index (κ1) is 51.3. The number of fused-ring (bicyclic) bond motifs is 4.